The Balaban J connectivity index is 1.47. The van der Waals surface area contributed by atoms with E-state index in [1.54, 1.807) is 57.9 Å². The molecule has 3 aliphatic rings. The van der Waals surface area contributed by atoms with Crippen LogP contribution in [0.3, 0.4) is 0 Å². The fourth-order valence-electron chi connectivity index (χ4n) is 7.76. The van der Waals surface area contributed by atoms with Crippen molar-refractivity contribution in [2.75, 3.05) is 36.6 Å². The molecule has 0 saturated carbocycles. The highest BCUT2D eigenvalue weighted by atomic mass is 79.9. The highest BCUT2D eigenvalue weighted by Gasteiger charge is 2.76. The lowest BCUT2D eigenvalue weighted by Gasteiger charge is -2.40. The summed E-state index contributed by atoms with van der Waals surface area (Å²) in [6.07, 6.45) is 4.23. The zero-order valence-electron chi connectivity index (χ0n) is 26.9. The van der Waals surface area contributed by atoms with Crippen molar-refractivity contribution in [3.05, 3.63) is 116 Å². The number of amides is 3. The molecule has 7 atom stereocenters. The van der Waals surface area contributed by atoms with Crippen molar-refractivity contribution in [1.82, 2.24) is 4.90 Å². The minimum Gasteiger partial charge on any atom is -0.497 e. The summed E-state index contributed by atoms with van der Waals surface area (Å²) in [5.41, 5.74) is 2.30. The zero-order chi connectivity index (χ0) is 34.0. The van der Waals surface area contributed by atoms with Crippen molar-refractivity contribution in [2.24, 2.45) is 11.8 Å². The van der Waals surface area contributed by atoms with Crippen LogP contribution in [0.2, 0.25) is 0 Å². The van der Waals surface area contributed by atoms with E-state index in [-0.39, 0.29) is 47.5 Å². The summed E-state index contributed by atoms with van der Waals surface area (Å²) < 4.78 is 4.46. The number of carbonyl (C=O) groups is 3. The lowest BCUT2D eigenvalue weighted by atomic mass is 9.70. The van der Waals surface area contributed by atoms with Crippen molar-refractivity contribution in [2.45, 2.75) is 39.7 Å². The summed E-state index contributed by atoms with van der Waals surface area (Å²) >= 11 is 5.47. The third kappa shape index (κ3) is 5.88. The molecule has 3 amide bonds. The summed E-state index contributed by atoms with van der Waals surface area (Å²) in [6, 6.07) is 24.7. The number of rotatable bonds is 13. The molecule has 3 aromatic rings. The minimum absolute atomic E-state index is 0.104. The van der Waals surface area contributed by atoms with Gasteiger partial charge in [0, 0.05) is 34.5 Å². The number of fused-ring (bicyclic) bond motifs is 1. The number of thioether (sulfide) groups is 1. The topological polar surface area (TPSA) is 90.4 Å². The van der Waals surface area contributed by atoms with E-state index >= 15 is 9.59 Å². The largest absolute Gasteiger partial charge is 0.497 e. The van der Waals surface area contributed by atoms with Crippen molar-refractivity contribution in [3.63, 3.8) is 0 Å². The molecule has 48 heavy (non-hydrogen) atoms. The minimum atomic E-state index is -0.935. The Morgan fingerprint density at radius 1 is 0.979 bits per heavy atom. The molecule has 3 saturated heterocycles. The standard InChI is InChI=1S/C38H40BrN3O5S/c1-4-20-40(26-14-10-7-11-15-26)35(44)31-32-36(45)42(28(24-43)22-25-12-8-6-9-13-25)34(38(32)23-30(39)33(31)48-38)37(46)41(21-5-2)27-16-18-29(47-3)19-17-27/h4-19,28,30-34,43H,1-2,20-24H2,3H3/t28-,30?,31-,32+,33-,34?,38?/m1/s1. The molecule has 3 aromatic carbocycles. The summed E-state index contributed by atoms with van der Waals surface area (Å²) in [5.74, 6) is -1.50. The molecule has 0 aliphatic carbocycles. The molecule has 6 rings (SSSR count). The lowest BCUT2D eigenvalue weighted by Crippen LogP contribution is -2.58. The predicted octanol–water partition coefficient (Wildman–Crippen LogP) is 5.50. The van der Waals surface area contributed by atoms with Gasteiger partial charge < -0.3 is 24.5 Å². The third-order valence-electron chi connectivity index (χ3n) is 9.77. The lowest BCUT2D eigenvalue weighted by molar-refractivity contribution is -0.141. The predicted molar refractivity (Wildman–Crippen MR) is 195 cm³/mol. The van der Waals surface area contributed by atoms with Gasteiger partial charge in [0.05, 0.1) is 36.3 Å². The Hall–Kier alpha value is -3.86. The maximum Gasteiger partial charge on any atom is 0.251 e. The second-order valence-electron chi connectivity index (χ2n) is 12.4. The van der Waals surface area contributed by atoms with Gasteiger partial charge in [0.25, 0.3) is 5.91 Å². The van der Waals surface area contributed by atoms with E-state index in [9.17, 15) is 9.90 Å². The normalized spacial score (nSPS) is 26.1. The van der Waals surface area contributed by atoms with Crippen LogP contribution in [-0.4, -0.2) is 81.4 Å². The van der Waals surface area contributed by atoms with Gasteiger partial charge >= 0.3 is 0 Å². The number of para-hydroxylation sites is 1. The van der Waals surface area contributed by atoms with Gasteiger partial charge in [-0.2, -0.15) is 0 Å². The van der Waals surface area contributed by atoms with Gasteiger partial charge in [-0.05, 0) is 54.8 Å². The Bertz CT molecular complexity index is 1660. The number of aliphatic hydroxyl groups is 1. The van der Waals surface area contributed by atoms with Crippen LogP contribution in [0, 0.1) is 11.8 Å². The van der Waals surface area contributed by atoms with Gasteiger partial charge in [-0.25, -0.2) is 0 Å². The number of methoxy groups -OCH3 is 1. The van der Waals surface area contributed by atoms with Crippen LogP contribution in [0.1, 0.15) is 12.0 Å². The number of halogens is 1. The number of alkyl halides is 1. The molecule has 3 unspecified atom stereocenters. The van der Waals surface area contributed by atoms with Gasteiger partial charge in [-0.15, -0.1) is 24.9 Å². The van der Waals surface area contributed by atoms with Gasteiger partial charge in [0.2, 0.25) is 11.8 Å². The molecule has 250 valence electrons. The number of hydrogen-bond acceptors (Lipinski definition) is 6. The van der Waals surface area contributed by atoms with Crippen LogP contribution in [0.25, 0.3) is 0 Å². The van der Waals surface area contributed by atoms with Crippen LogP contribution in [0.4, 0.5) is 11.4 Å². The van der Waals surface area contributed by atoms with Crippen molar-refractivity contribution >= 4 is 56.8 Å². The van der Waals surface area contributed by atoms with E-state index in [1.165, 1.54) is 0 Å². The van der Waals surface area contributed by atoms with Crippen molar-refractivity contribution < 1.29 is 24.2 Å². The number of likely N-dealkylation sites (tertiary alicyclic amines) is 1. The molecule has 8 nitrogen and oxygen atoms in total. The third-order valence-corrected chi connectivity index (χ3v) is 13.0. The van der Waals surface area contributed by atoms with Crippen molar-refractivity contribution in [3.8, 4) is 5.75 Å². The molecule has 2 bridgehead atoms. The Kier molecular flexibility index (Phi) is 10.1. The monoisotopic (exact) mass is 729 g/mol. The van der Waals surface area contributed by atoms with Crippen LogP contribution in [-0.2, 0) is 20.8 Å². The van der Waals surface area contributed by atoms with Gasteiger partial charge in [0.1, 0.15) is 11.8 Å². The quantitative estimate of drug-likeness (QED) is 0.185. The van der Waals surface area contributed by atoms with E-state index in [1.807, 2.05) is 72.8 Å². The fourth-order valence-corrected chi connectivity index (χ4v) is 11.3. The first kappa shape index (κ1) is 34.0. The highest BCUT2D eigenvalue weighted by molar-refractivity contribution is 9.09. The second-order valence-corrected chi connectivity index (χ2v) is 15.2. The van der Waals surface area contributed by atoms with E-state index < -0.39 is 28.7 Å². The number of anilines is 2. The van der Waals surface area contributed by atoms with E-state index in [4.69, 9.17) is 4.74 Å². The number of hydrogen-bond donors (Lipinski definition) is 1. The van der Waals surface area contributed by atoms with Gasteiger partial charge in [0.15, 0.2) is 0 Å². The maximum atomic E-state index is 15.1. The molecule has 0 aromatic heterocycles. The highest BCUT2D eigenvalue weighted by Crippen LogP contribution is 2.68. The molecule has 0 radical (unpaired) electrons. The summed E-state index contributed by atoms with van der Waals surface area (Å²) in [5, 5.41) is 10.7. The van der Waals surface area contributed by atoms with Gasteiger partial charge in [-0.3, -0.25) is 14.4 Å². The molecule has 3 aliphatic heterocycles. The number of carbonyl (C=O) groups excluding carboxylic acids is 3. The first-order valence-corrected chi connectivity index (χ1v) is 17.9. The molecule has 10 heteroatoms. The molecule has 1 N–H and O–H groups in total. The average Bonchev–Trinajstić information content (AvgIpc) is 3.72. The maximum absolute atomic E-state index is 15.1. The van der Waals surface area contributed by atoms with E-state index in [0.717, 1.165) is 11.3 Å². The fraction of sp³-hybridized carbons (Fsp3) is 0.342. The van der Waals surface area contributed by atoms with E-state index in [2.05, 4.69) is 29.1 Å². The summed E-state index contributed by atoms with van der Waals surface area (Å²) in [6.45, 7) is 7.97. The molecule has 3 fully saturated rings. The smallest absolute Gasteiger partial charge is 0.251 e. The molecular weight excluding hydrogens is 690 g/mol. The molecule has 3 heterocycles. The summed E-state index contributed by atoms with van der Waals surface area (Å²) in [4.78, 5) is 49.7. The molecule has 1 spiro atoms. The second kappa shape index (κ2) is 14.3. The average molecular weight is 731 g/mol. The van der Waals surface area contributed by atoms with Crippen LogP contribution < -0.4 is 14.5 Å². The first-order valence-electron chi connectivity index (χ1n) is 16.1. The Labute approximate surface area is 294 Å². The van der Waals surface area contributed by atoms with E-state index in [0.29, 0.717) is 24.3 Å². The number of nitrogens with zero attached hydrogens (tertiary/aromatic N) is 3. The van der Waals surface area contributed by atoms with Crippen molar-refractivity contribution in [1.29, 1.82) is 0 Å². The number of benzene rings is 3. The van der Waals surface area contributed by atoms with Crippen LogP contribution in [0.15, 0.2) is 110 Å². The van der Waals surface area contributed by atoms with Crippen LogP contribution in [0.5, 0.6) is 5.75 Å². The van der Waals surface area contributed by atoms with Crippen LogP contribution >= 0.6 is 27.7 Å². The number of ether oxygens (including phenoxy) is 1. The number of aliphatic hydroxyl groups excluding tert-OH is 1. The Morgan fingerprint density at radius 3 is 2.15 bits per heavy atom. The SMILES string of the molecule is C=CCN(C(=O)C1N([C@@H](CO)Cc2ccccc2)C(=O)[C@@H]2[C@@H](C(=O)N(CC=C)c3ccccc3)[C@@H]3SC12CC3Br)c1ccc(OC)cc1. The first-order chi connectivity index (χ1) is 23.3. The summed E-state index contributed by atoms with van der Waals surface area (Å²) in [7, 11) is 1.58. The zero-order valence-corrected chi connectivity index (χ0v) is 29.3. The van der Waals surface area contributed by atoms with Gasteiger partial charge in [-0.1, -0.05) is 76.6 Å². The Morgan fingerprint density at radius 2 is 1.56 bits per heavy atom. The molecular formula is C38H40BrN3O5S.